The number of hydrogen-bond donors (Lipinski definition) is 4. The molecule has 0 unspecified atom stereocenters. The van der Waals surface area contributed by atoms with Gasteiger partial charge in [0, 0.05) is 5.56 Å². The number of aryl methyl sites for hydroxylation is 1. The Balaban J connectivity index is 1.89. The van der Waals surface area contributed by atoms with E-state index in [4.69, 9.17) is 9.84 Å². The van der Waals surface area contributed by atoms with E-state index in [0.717, 1.165) is 17.3 Å². The summed E-state index contributed by atoms with van der Waals surface area (Å²) in [6.45, 7) is 1.30. The summed E-state index contributed by atoms with van der Waals surface area (Å²) in [6.07, 6.45) is 0. The molecule has 1 aromatic heterocycles. The number of aromatic amines is 1. The fourth-order valence-electron chi connectivity index (χ4n) is 2.40. The summed E-state index contributed by atoms with van der Waals surface area (Å²) in [4.78, 5) is 14.9. The highest BCUT2D eigenvalue weighted by atomic mass is 32.2. The number of aliphatic hydroxyl groups excluding tert-OH is 1. The minimum Gasteiger partial charge on any atom is -0.481 e. The summed E-state index contributed by atoms with van der Waals surface area (Å²) in [5.74, 6) is 0.205. The summed E-state index contributed by atoms with van der Waals surface area (Å²) in [6, 6.07) is 12.4. The summed E-state index contributed by atoms with van der Waals surface area (Å²) in [5.41, 5.74) is 1.83. The summed E-state index contributed by atoms with van der Waals surface area (Å²) in [5, 5.41) is 35.8. The van der Waals surface area contributed by atoms with Gasteiger partial charge in [0.15, 0.2) is 11.6 Å². The van der Waals surface area contributed by atoms with Crippen LogP contribution in [0.5, 0.6) is 11.5 Å². The van der Waals surface area contributed by atoms with Crippen LogP contribution in [0.3, 0.4) is 0 Å². The lowest BCUT2D eigenvalue weighted by atomic mass is 10.1. The lowest BCUT2D eigenvalue weighted by molar-refractivity contribution is -0.133. The SMILES string of the molecule is Cc1cccc(Oc2ccc(-c3nc(SCC(=O)O)n[nH]3)cc2N(O)CO)c1. The molecule has 28 heavy (non-hydrogen) atoms. The molecule has 9 nitrogen and oxygen atoms in total. The van der Waals surface area contributed by atoms with Gasteiger partial charge in [-0.3, -0.25) is 15.1 Å². The van der Waals surface area contributed by atoms with Crippen molar-refractivity contribution in [1.82, 2.24) is 15.2 Å². The number of carboxylic acid groups (broad SMARTS) is 1. The minimum absolute atomic E-state index is 0.152. The third-order valence-corrected chi connectivity index (χ3v) is 4.48. The monoisotopic (exact) mass is 402 g/mol. The van der Waals surface area contributed by atoms with E-state index >= 15 is 0 Å². The second-order valence-corrected chi connectivity index (χ2v) is 6.73. The van der Waals surface area contributed by atoms with Gasteiger partial charge in [0.25, 0.3) is 0 Å². The van der Waals surface area contributed by atoms with Crippen molar-refractivity contribution in [2.24, 2.45) is 0 Å². The number of rotatable bonds is 8. The molecule has 0 aliphatic heterocycles. The van der Waals surface area contributed by atoms with Crippen molar-refractivity contribution in [2.45, 2.75) is 12.1 Å². The third-order valence-electron chi connectivity index (χ3n) is 3.65. The van der Waals surface area contributed by atoms with E-state index in [2.05, 4.69) is 15.2 Å². The van der Waals surface area contributed by atoms with Crippen LogP contribution in [0.4, 0.5) is 5.69 Å². The molecule has 0 spiro atoms. The lowest BCUT2D eigenvalue weighted by Gasteiger charge is -2.19. The largest absolute Gasteiger partial charge is 0.481 e. The van der Waals surface area contributed by atoms with Crippen LogP contribution >= 0.6 is 11.8 Å². The molecule has 2 aromatic carbocycles. The van der Waals surface area contributed by atoms with Gasteiger partial charge in [0.2, 0.25) is 5.16 Å². The van der Waals surface area contributed by atoms with Gasteiger partial charge in [-0.05, 0) is 42.8 Å². The number of anilines is 1. The van der Waals surface area contributed by atoms with E-state index < -0.39 is 12.7 Å². The van der Waals surface area contributed by atoms with E-state index in [1.165, 1.54) is 0 Å². The van der Waals surface area contributed by atoms with E-state index in [9.17, 15) is 15.1 Å². The number of carbonyl (C=O) groups is 1. The quantitative estimate of drug-likeness (QED) is 0.255. The van der Waals surface area contributed by atoms with E-state index in [0.29, 0.717) is 33.1 Å². The van der Waals surface area contributed by atoms with Gasteiger partial charge in [0.1, 0.15) is 18.2 Å². The minimum atomic E-state index is -0.963. The van der Waals surface area contributed by atoms with Crippen LogP contribution in [0.1, 0.15) is 5.56 Å². The molecule has 0 atom stereocenters. The summed E-state index contributed by atoms with van der Waals surface area (Å²) < 4.78 is 5.85. The van der Waals surface area contributed by atoms with Gasteiger partial charge in [-0.2, -0.15) is 0 Å². The molecule has 0 radical (unpaired) electrons. The van der Waals surface area contributed by atoms with Crippen molar-refractivity contribution in [3.8, 4) is 22.9 Å². The molecule has 3 rings (SSSR count). The molecule has 4 N–H and O–H groups in total. The zero-order valence-corrected chi connectivity index (χ0v) is 15.7. The first kappa shape index (κ1) is 19.7. The molecule has 0 fully saturated rings. The predicted molar refractivity (Wildman–Crippen MR) is 103 cm³/mol. The summed E-state index contributed by atoms with van der Waals surface area (Å²) >= 11 is 0.988. The molecule has 0 aliphatic carbocycles. The zero-order chi connectivity index (χ0) is 20.1. The molecule has 3 aromatic rings. The number of hydrogen-bond acceptors (Lipinski definition) is 8. The molecule has 0 aliphatic rings. The molecule has 0 bridgehead atoms. The number of benzene rings is 2. The second kappa shape index (κ2) is 8.74. The number of aromatic nitrogens is 3. The Kier molecular flexibility index (Phi) is 6.14. The molecule has 0 amide bonds. The highest BCUT2D eigenvalue weighted by molar-refractivity contribution is 7.99. The first-order valence-corrected chi connectivity index (χ1v) is 9.18. The van der Waals surface area contributed by atoms with Gasteiger partial charge in [-0.15, -0.1) is 5.10 Å². The first-order chi connectivity index (χ1) is 13.5. The maximum absolute atomic E-state index is 10.7. The van der Waals surface area contributed by atoms with Crippen molar-refractivity contribution >= 4 is 23.4 Å². The maximum atomic E-state index is 10.7. The Bertz CT molecular complexity index is 978. The number of aliphatic carboxylic acids is 1. The van der Waals surface area contributed by atoms with Crippen LogP contribution in [0.2, 0.25) is 0 Å². The number of nitrogens with zero attached hydrogens (tertiary/aromatic N) is 3. The second-order valence-electron chi connectivity index (χ2n) is 5.79. The fourth-order valence-corrected chi connectivity index (χ4v) is 2.92. The smallest absolute Gasteiger partial charge is 0.313 e. The van der Waals surface area contributed by atoms with Gasteiger partial charge in [0.05, 0.1) is 5.75 Å². The topological polar surface area (TPSA) is 132 Å². The number of carboxylic acids is 1. The van der Waals surface area contributed by atoms with Crippen molar-refractivity contribution < 1.29 is 25.0 Å². The first-order valence-electron chi connectivity index (χ1n) is 8.19. The van der Waals surface area contributed by atoms with Gasteiger partial charge < -0.3 is 14.9 Å². The normalized spacial score (nSPS) is 10.7. The standard InChI is InChI=1S/C18H18N4O5S/c1-11-3-2-4-13(7-11)27-15-6-5-12(8-14(15)22(26)10-23)17-19-18(21-20-17)28-9-16(24)25/h2-8,23,26H,9-10H2,1H3,(H,24,25)(H,19,20,21). The van der Waals surface area contributed by atoms with Crippen molar-refractivity contribution in [2.75, 3.05) is 17.5 Å². The number of H-pyrrole nitrogens is 1. The van der Waals surface area contributed by atoms with Crippen LogP contribution in [0.25, 0.3) is 11.4 Å². The van der Waals surface area contributed by atoms with Crippen LogP contribution in [0.15, 0.2) is 47.6 Å². The van der Waals surface area contributed by atoms with Crippen molar-refractivity contribution in [3.63, 3.8) is 0 Å². The van der Waals surface area contributed by atoms with Crippen LogP contribution in [0, 0.1) is 6.92 Å². The number of hydroxylamine groups is 1. The summed E-state index contributed by atoms with van der Waals surface area (Å²) in [7, 11) is 0. The third kappa shape index (κ3) is 4.80. The van der Waals surface area contributed by atoms with Crippen LogP contribution in [-0.2, 0) is 4.79 Å². The molecule has 10 heteroatoms. The van der Waals surface area contributed by atoms with Crippen LogP contribution in [-0.4, -0.2) is 49.1 Å². The molecular formula is C18H18N4O5S. The number of thioether (sulfide) groups is 1. The lowest BCUT2D eigenvalue weighted by Crippen LogP contribution is -2.19. The van der Waals surface area contributed by atoms with E-state index in [1.54, 1.807) is 24.3 Å². The molecular weight excluding hydrogens is 384 g/mol. The Labute approximate surface area is 164 Å². The molecule has 0 saturated carbocycles. The molecule has 146 valence electrons. The molecule has 1 heterocycles. The number of aliphatic hydroxyl groups is 1. The molecule has 0 saturated heterocycles. The predicted octanol–water partition coefficient (Wildman–Crippen LogP) is 2.89. The average Bonchev–Trinajstić information content (AvgIpc) is 3.15. The highest BCUT2D eigenvalue weighted by Crippen LogP contribution is 2.35. The fraction of sp³-hybridized carbons (Fsp3) is 0.167. The maximum Gasteiger partial charge on any atom is 0.313 e. The van der Waals surface area contributed by atoms with Crippen molar-refractivity contribution in [1.29, 1.82) is 0 Å². The Morgan fingerprint density at radius 1 is 1.29 bits per heavy atom. The number of nitrogens with one attached hydrogen (secondary N) is 1. The van der Waals surface area contributed by atoms with Crippen LogP contribution < -0.4 is 9.80 Å². The highest BCUT2D eigenvalue weighted by Gasteiger charge is 2.15. The zero-order valence-electron chi connectivity index (χ0n) is 14.9. The Morgan fingerprint density at radius 3 is 2.82 bits per heavy atom. The number of ether oxygens (including phenoxy) is 1. The van der Waals surface area contributed by atoms with E-state index in [-0.39, 0.29) is 11.4 Å². The average molecular weight is 402 g/mol. The van der Waals surface area contributed by atoms with Gasteiger partial charge >= 0.3 is 5.97 Å². The van der Waals surface area contributed by atoms with Crippen molar-refractivity contribution in [3.05, 3.63) is 48.0 Å². The van der Waals surface area contributed by atoms with E-state index in [1.807, 2.05) is 25.1 Å². The Hall–Kier alpha value is -3.08. The van der Waals surface area contributed by atoms with Gasteiger partial charge in [-0.25, -0.2) is 10.0 Å². The van der Waals surface area contributed by atoms with Gasteiger partial charge in [-0.1, -0.05) is 23.9 Å². The Morgan fingerprint density at radius 2 is 2.11 bits per heavy atom.